The van der Waals surface area contributed by atoms with Gasteiger partial charge < -0.3 is 21.5 Å². The van der Waals surface area contributed by atoms with Gasteiger partial charge in [-0.15, -0.1) is 0 Å². The largest absolute Gasteiger partial charge is 0.481 e. The lowest BCUT2D eigenvalue weighted by molar-refractivity contribution is -0.140. The number of rotatable bonds is 8. The number of carboxylic acid groups (broad SMARTS) is 1. The molecule has 1 amide bonds. The van der Waals surface area contributed by atoms with E-state index in [0.29, 0.717) is 25.7 Å². The highest BCUT2D eigenvalue weighted by molar-refractivity contribution is 6.19. The van der Waals surface area contributed by atoms with Crippen molar-refractivity contribution in [1.29, 1.82) is 0 Å². The lowest BCUT2D eigenvalue weighted by atomic mass is 9.70. The fraction of sp³-hybridized carbons (Fsp3) is 0.846. The number of hydrogen-bond donors (Lipinski definition) is 4. The molecule has 0 atom stereocenters. The van der Waals surface area contributed by atoms with Gasteiger partial charge in [-0.25, -0.2) is 0 Å². The third-order valence-electron chi connectivity index (χ3n) is 4.07. The Hall–Kier alpha value is -1.08. The van der Waals surface area contributed by atoms with E-state index in [2.05, 4.69) is 10.6 Å². The second-order valence-electron chi connectivity index (χ2n) is 5.56. The van der Waals surface area contributed by atoms with Crippen molar-refractivity contribution in [1.82, 2.24) is 10.6 Å². The van der Waals surface area contributed by atoms with Gasteiger partial charge in [0.05, 0.1) is 14.3 Å². The Labute approximate surface area is 121 Å². The highest BCUT2D eigenvalue weighted by Crippen LogP contribution is 2.38. The molecule has 0 unspecified atom stereocenters. The number of nitrogens with two attached hydrogens (primary N) is 1. The van der Waals surface area contributed by atoms with Crippen molar-refractivity contribution in [3.8, 4) is 0 Å². The van der Waals surface area contributed by atoms with Gasteiger partial charge in [0.25, 0.3) is 0 Å². The van der Waals surface area contributed by atoms with Crippen LogP contribution in [0.25, 0.3) is 0 Å². The van der Waals surface area contributed by atoms with Gasteiger partial charge in [0.1, 0.15) is 0 Å². The molecule has 0 aromatic heterocycles. The van der Waals surface area contributed by atoms with Crippen LogP contribution < -0.4 is 16.4 Å². The van der Waals surface area contributed by atoms with E-state index in [0.717, 1.165) is 25.7 Å². The van der Waals surface area contributed by atoms with Crippen molar-refractivity contribution in [3.63, 3.8) is 0 Å². The topological polar surface area (TPSA) is 104 Å². The number of carbonyl (C=O) groups is 2. The van der Waals surface area contributed by atoms with Gasteiger partial charge in [-0.05, 0) is 44.0 Å². The second-order valence-corrected chi connectivity index (χ2v) is 5.56. The molecule has 1 saturated carbocycles. The van der Waals surface area contributed by atoms with Crippen molar-refractivity contribution in [3.05, 3.63) is 0 Å². The first-order valence-electron chi connectivity index (χ1n) is 7.13. The van der Waals surface area contributed by atoms with E-state index in [9.17, 15) is 9.59 Å². The average molecular weight is 281 g/mol. The lowest BCUT2D eigenvalue weighted by Gasteiger charge is -2.38. The van der Waals surface area contributed by atoms with Gasteiger partial charge in [-0.1, -0.05) is 0 Å². The van der Waals surface area contributed by atoms with Crippen LogP contribution in [-0.2, 0) is 9.59 Å². The summed E-state index contributed by atoms with van der Waals surface area (Å²) in [5, 5.41) is 15.0. The second kappa shape index (κ2) is 8.27. The molecule has 1 aliphatic rings. The Bertz CT molecular complexity index is 331. The van der Waals surface area contributed by atoms with Gasteiger partial charge >= 0.3 is 5.97 Å². The van der Waals surface area contributed by atoms with E-state index in [1.54, 1.807) is 0 Å². The summed E-state index contributed by atoms with van der Waals surface area (Å²) in [7, 11) is 5.19. The number of carbonyl (C=O) groups excluding carboxylic acids is 1. The molecule has 1 rings (SSSR count). The minimum atomic E-state index is -0.772. The van der Waals surface area contributed by atoms with Crippen molar-refractivity contribution < 1.29 is 14.7 Å². The van der Waals surface area contributed by atoms with Crippen LogP contribution in [0.1, 0.15) is 32.1 Å². The molecule has 5 N–H and O–H groups in total. The smallest absolute Gasteiger partial charge is 0.303 e. The van der Waals surface area contributed by atoms with Crippen molar-refractivity contribution >= 4 is 19.7 Å². The number of carboxylic acids is 1. The summed E-state index contributed by atoms with van der Waals surface area (Å²) in [5.74, 6) is -0.926. The predicted molar refractivity (Wildman–Crippen MR) is 77.6 cm³/mol. The third-order valence-corrected chi connectivity index (χ3v) is 4.07. The van der Waals surface area contributed by atoms with Crippen LogP contribution >= 0.6 is 0 Å². The fourth-order valence-corrected chi connectivity index (χ4v) is 2.76. The van der Waals surface area contributed by atoms with Crippen LogP contribution in [0.2, 0.25) is 6.32 Å². The van der Waals surface area contributed by atoms with E-state index in [1.807, 2.05) is 0 Å². The van der Waals surface area contributed by atoms with E-state index >= 15 is 0 Å². The summed E-state index contributed by atoms with van der Waals surface area (Å²) in [6.07, 6.45) is 3.69. The molecule has 1 aliphatic carbocycles. The predicted octanol–water partition coefficient (Wildman–Crippen LogP) is -0.359. The molecule has 0 aromatic carbocycles. The molecular weight excluding hydrogens is 257 g/mol. The van der Waals surface area contributed by atoms with E-state index < -0.39 is 5.97 Å². The maximum Gasteiger partial charge on any atom is 0.303 e. The molecule has 1 fully saturated rings. The van der Waals surface area contributed by atoms with Gasteiger partial charge in [0.2, 0.25) is 5.91 Å². The Morgan fingerprint density at radius 3 is 2.45 bits per heavy atom. The number of nitrogens with one attached hydrogen (secondary N) is 2. The zero-order valence-electron chi connectivity index (χ0n) is 11.9. The Morgan fingerprint density at radius 2 is 1.95 bits per heavy atom. The zero-order chi connectivity index (χ0) is 15.0. The van der Waals surface area contributed by atoms with Gasteiger partial charge in [0, 0.05) is 19.1 Å². The van der Waals surface area contributed by atoms with Crippen LogP contribution in [0.3, 0.4) is 0 Å². The molecular formula is C13H24BN3O3. The molecule has 112 valence electrons. The summed E-state index contributed by atoms with van der Waals surface area (Å²) in [5.41, 5.74) is 5.52. The highest BCUT2D eigenvalue weighted by Gasteiger charge is 2.35. The van der Waals surface area contributed by atoms with Crippen LogP contribution in [0.4, 0.5) is 0 Å². The first kappa shape index (κ1) is 17.0. The standard InChI is InChI=1S/C13H24BN3O3/c14-8-11(18)17-6-5-16-10-1-3-13(9-15,4-2-10)7-12(19)20/h10,16H,1-9,15H2,(H,17,18)(H,19,20). The first-order valence-corrected chi connectivity index (χ1v) is 7.13. The van der Waals surface area contributed by atoms with Crippen molar-refractivity contribution in [2.24, 2.45) is 11.1 Å². The summed E-state index contributed by atoms with van der Waals surface area (Å²) in [6, 6.07) is 0.373. The molecule has 0 spiro atoms. The Balaban J connectivity index is 2.24. The molecule has 2 radical (unpaired) electrons. The molecule has 0 aliphatic heterocycles. The quantitative estimate of drug-likeness (QED) is 0.359. The van der Waals surface area contributed by atoms with Crippen molar-refractivity contribution in [2.45, 2.75) is 44.5 Å². The number of amides is 1. The van der Waals surface area contributed by atoms with E-state index in [-0.39, 0.29) is 24.1 Å². The van der Waals surface area contributed by atoms with Crippen molar-refractivity contribution in [2.75, 3.05) is 19.6 Å². The van der Waals surface area contributed by atoms with E-state index in [4.69, 9.17) is 18.7 Å². The summed E-state index contributed by atoms with van der Waals surface area (Å²) in [4.78, 5) is 21.9. The highest BCUT2D eigenvalue weighted by atomic mass is 16.4. The molecule has 0 heterocycles. The van der Waals surface area contributed by atoms with E-state index in [1.165, 1.54) is 0 Å². The summed E-state index contributed by atoms with van der Waals surface area (Å²) < 4.78 is 0. The average Bonchev–Trinajstić information content (AvgIpc) is 2.44. The summed E-state index contributed by atoms with van der Waals surface area (Å²) >= 11 is 0. The fourth-order valence-electron chi connectivity index (χ4n) is 2.76. The van der Waals surface area contributed by atoms with Crippen LogP contribution in [0, 0.1) is 5.41 Å². The molecule has 7 heteroatoms. The lowest BCUT2D eigenvalue weighted by Crippen LogP contribution is -2.44. The van der Waals surface area contributed by atoms with Gasteiger partial charge in [-0.2, -0.15) is 0 Å². The molecule has 0 aromatic rings. The molecule has 0 saturated heterocycles. The number of aliphatic carboxylic acids is 1. The minimum Gasteiger partial charge on any atom is -0.481 e. The minimum absolute atomic E-state index is 0.0115. The van der Waals surface area contributed by atoms with Crippen LogP contribution in [0.5, 0.6) is 0 Å². The maximum atomic E-state index is 11.0. The normalized spacial score (nSPS) is 26.1. The van der Waals surface area contributed by atoms with Crippen LogP contribution in [-0.4, -0.2) is 50.5 Å². The monoisotopic (exact) mass is 281 g/mol. The molecule has 0 bridgehead atoms. The summed E-state index contributed by atoms with van der Waals surface area (Å²) in [6.45, 7) is 1.69. The Kier molecular flexibility index (Phi) is 7.02. The van der Waals surface area contributed by atoms with Crippen LogP contribution in [0.15, 0.2) is 0 Å². The first-order chi connectivity index (χ1) is 9.51. The molecule has 20 heavy (non-hydrogen) atoms. The zero-order valence-corrected chi connectivity index (χ0v) is 11.9. The number of hydrogen-bond acceptors (Lipinski definition) is 4. The van der Waals surface area contributed by atoms with Gasteiger partial charge in [-0.3, -0.25) is 9.59 Å². The molecule has 6 nitrogen and oxygen atoms in total. The Morgan fingerprint density at radius 1 is 1.30 bits per heavy atom. The SMILES string of the molecule is [B]CC(=O)NCCNC1CCC(CN)(CC(=O)O)CC1. The third kappa shape index (κ3) is 5.50. The maximum absolute atomic E-state index is 11.0. The van der Waals surface area contributed by atoms with Gasteiger partial charge in [0.15, 0.2) is 0 Å².